The zero-order valence-corrected chi connectivity index (χ0v) is 18.6. The van der Waals surface area contributed by atoms with Crippen LogP contribution in [0.3, 0.4) is 0 Å². The van der Waals surface area contributed by atoms with Gasteiger partial charge in [0.25, 0.3) is 11.8 Å². The Hall–Kier alpha value is -4.16. The Morgan fingerprint density at radius 2 is 1.47 bits per heavy atom. The average molecular weight is 459 g/mol. The minimum atomic E-state index is -1.82. The van der Waals surface area contributed by atoms with E-state index in [1.165, 1.54) is 12.4 Å². The Morgan fingerprint density at radius 3 is 1.97 bits per heavy atom. The van der Waals surface area contributed by atoms with Crippen molar-refractivity contribution in [2.24, 2.45) is 5.73 Å². The number of amides is 2. The van der Waals surface area contributed by atoms with Gasteiger partial charge in [-0.3, -0.25) is 14.8 Å². The lowest BCUT2D eigenvalue weighted by atomic mass is 9.87. The zero-order chi connectivity index (χ0) is 24.7. The highest BCUT2D eigenvalue weighted by atomic mass is 16.5. The first kappa shape index (κ1) is 24.5. The van der Waals surface area contributed by atoms with E-state index in [9.17, 15) is 19.9 Å². The number of aliphatic hydroxyl groups is 1. The molecule has 0 radical (unpaired) electrons. The number of nitrogens with one attached hydrogen (secondary N) is 2. The summed E-state index contributed by atoms with van der Waals surface area (Å²) >= 11 is 0. The van der Waals surface area contributed by atoms with E-state index in [0.29, 0.717) is 23.4 Å². The highest BCUT2D eigenvalue weighted by molar-refractivity contribution is 5.98. The van der Waals surface area contributed by atoms with Crippen LogP contribution in [-0.4, -0.2) is 28.2 Å². The van der Waals surface area contributed by atoms with Gasteiger partial charge in [0.1, 0.15) is 11.6 Å². The zero-order valence-electron chi connectivity index (χ0n) is 18.6. The van der Waals surface area contributed by atoms with Gasteiger partial charge in [-0.15, -0.1) is 0 Å². The molecule has 34 heavy (non-hydrogen) atoms. The molecule has 2 atom stereocenters. The number of hydroxylamine groups is 1. The summed E-state index contributed by atoms with van der Waals surface area (Å²) in [4.78, 5) is 25.2. The molecule has 0 saturated heterocycles. The Morgan fingerprint density at radius 1 is 0.941 bits per heavy atom. The molecule has 2 amide bonds. The van der Waals surface area contributed by atoms with Gasteiger partial charge in [0.05, 0.1) is 0 Å². The van der Waals surface area contributed by atoms with Gasteiger partial charge in [0.2, 0.25) is 0 Å². The Labute approximate surface area is 197 Å². The van der Waals surface area contributed by atoms with E-state index in [1.54, 1.807) is 60.7 Å². The van der Waals surface area contributed by atoms with Gasteiger partial charge in [0, 0.05) is 28.9 Å². The first-order valence-corrected chi connectivity index (χ1v) is 10.5. The van der Waals surface area contributed by atoms with Gasteiger partial charge >= 0.3 is 0 Å². The van der Waals surface area contributed by atoms with E-state index in [2.05, 4.69) is 17.2 Å². The summed E-state index contributed by atoms with van der Waals surface area (Å²) in [5.41, 5.74) is 14.6. The summed E-state index contributed by atoms with van der Waals surface area (Å²) in [5.74, 6) is 4.44. The molecular weight excluding hydrogens is 432 g/mol. The van der Waals surface area contributed by atoms with Crippen molar-refractivity contribution in [2.45, 2.75) is 25.1 Å². The first-order chi connectivity index (χ1) is 16.2. The van der Waals surface area contributed by atoms with Crippen LogP contribution in [-0.2, 0) is 16.9 Å². The minimum absolute atomic E-state index is 0.253. The van der Waals surface area contributed by atoms with Gasteiger partial charge in [-0.05, 0) is 66.6 Å². The molecule has 3 rings (SSSR count). The SMILES string of the molecule is CC(O)(c1ccc(CN)cc1)[C@H](NC(=O)c1ccc(C#Cc2ccc(N)cc2)cc1)C(=O)NO. The van der Waals surface area contributed by atoms with E-state index >= 15 is 0 Å². The number of benzene rings is 3. The molecule has 3 aromatic rings. The van der Waals surface area contributed by atoms with Crippen molar-refractivity contribution in [2.75, 3.05) is 5.73 Å². The quantitative estimate of drug-likeness (QED) is 0.143. The fourth-order valence-electron chi connectivity index (χ4n) is 3.30. The van der Waals surface area contributed by atoms with Crippen molar-refractivity contribution in [3.8, 4) is 11.8 Å². The van der Waals surface area contributed by atoms with Crippen molar-refractivity contribution in [3.05, 3.63) is 101 Å². The second-order valence-electron chi connectivity index (χ2n) is 7.88. The molecule has 174 valence electrons. The van der Waals surface area contributed by atoms with Crippen LogP contribution < -0.4 is 22.3 Å². The van der Waals surface area contributed by atoms with E-state index in [0.717, 1.165) is 11.1 Å². The van der Waals surface area contributed by atoms with Crippen molar-refractivity contribution < 1.29 is 19.9 Å². The molecule has 0 aliphatic heterocycles. The van der Waals surface area contributed by atoms with Crippen LogP contribution in [0.1, 0.15) is 39.5 Å². The smallest absolute Gasteiger partial charge is 0.269 e. The van der Waals surface area contributed by atoms with Crippen molar-refractivity contribution in [1.29, 1.82) is 0 Å². The van der Waals surface area contributed by atoms with Gasteiger partial charge in [0.15, 0.2) is 0 Å². The third-order valence-corrected chi connectivity index (χ3v) is 5.39. The molecule has 8 nitrogen and oxygen atoms in total. The summed E-state index contributed by atoms with van der Waals surface area (Å²) in [6.45, 7) is 1.70. The van der Waals surface area contributed by atoms with Gasteiger partial charge in [-0.25, -0.2) is 5.48 Å². The normalized spacial score (nSPS) is 13.1. The molecular formula is C26H26N4O4. The highest BCUT2D eigenvalue weighted by Crippen LogP contribution is 2.26. The summed E-state index contributed by atoms with van der Waals surface area (Å²) < 4.78 is 0. The maximum Gasteiger partial charge on any atom is 0.269 e. The Bertz CT molecular complexity index is 1210. The van der Waals surface area contributed by atoms with Crippen molar-refractivity contribution in [3.63, 3.8) is 0 Å². The molecule has 1 unspecified atom stereocenters. The molecule has 0 heterocycles. The number of hydrogen-bond acceptors (Lipinski definition) is 6. The minimum Gasteiger partial charge on any atom is -0.399 e. The number of carbonyl (C=O) groups is 2. The largest absolute Gasteiger partial charge is 0.399 e. The Kier molecular flexibility index (Phi) is 7.66. The van der Waals surface area contributed by atoms with Crippen LogP contribution in [0, 0.1) is 11.8 Å². The van der Waals surface area contributed by atoms with Crippen LogP contribution in [0.4, 0.5) is 5.69 Å². The molecule has 0 spiro atoms. The first-order valence-electron chi connectivity index (χ1n) is 10.5. The lowest BCUT2D eigenvalue weighted by Crippen LogP contribution is -2.57. The molecule has 0 aromatic heterocycles. The summed E-state index contributed by atoms with van der Waals surface area (Å²) in [6.07, 6.45) is 0. The molecule has 0 saturated carbocycles. The standard InChI is InChI=1S/C26H26N4O4/c1-26(33,21-12-6-19(16-27)7-13-21)23(25(32)30-34)29-24(31)20-10-4-17(5-11-20)2-3-18-8-14-22(28)15-9-18/h4-15,23,33-34H,16,27-28H2,1H3,(H,29,31)(H,30,32)/t23-,26?/m1/s1. The van der Waals surface area contributed by atoms with Crippen molar-refractivity contribution in [1.82, 2.24) is 10.8 Å². The third-order valence-electron chi connectivity index (χ3n) is 5.39. The summed E-state index contributed by atoms with van der Waals surface area (Å²) in [5, 5.41) is 22.8. The van der Waals surface area contributed by atoms with Crippen molar-refractivity contribution >= 4 is 17.5 Å². The van der Waals surface area contributed by atoms with Crippen LogP contribution in [0.5, 0.6) is 0 Å². The van der Waals surface area contributed by atoms with E-state index in [4.69, 9.17) is 11.5 Å². The molecule has 3 aromatic carbocycles. The maximum absolute atomic E-state index is 12.8. The van der Waals surface area contributed by atoms with E-state index in [-0.39, 0.29) is 5.56 Å². The van der Waals surface area contributed by atoms with Gasteiger partial charge < -0.3 is 21.9 Å². The molecule has 0 aliphatic rings. The summed E-state index contributed by atoms with van der Waals surface area (Å²) in [6, 6.07) is 18.8. The predicted octanol–water partition coefficient (Wildman–Crippen LogP) is 1.64. The molecule has 0 fully saturated rings. The lowest BCUT2D eigenvalue weighted by Gasteiger charge is -2.32. The van der Waals surface area contributed by atoms with Crippen LogP contribution >= 0.6 is 0 Å². The molecule has 0 aliphatic carbocycles. The van der Waals surface area contributed by atoms with E-state index < -0.39 is 23.5 Å². The summed E-state index contributed by atoms with van der Waals surface area (Å²) in [7, 11) is 0. The number of anilines is 1. The second-order valence-corrected chi connectivity index (χ2v) is 7.88. The third kappa shape index (κ3) is 5.79. The Balaban J connectivity index is 1.77. The highest BCUT2D eigenvalue weighted by Gasteiger charge is 2.40. The monoisotopic (exact) mass is 458 g/mol. The number of rotatable bonds is 6. The van der Waals surface area contributed by atoms with Gasteiger partial charge in [-0.1, -0.05) is 36.1 Å². The van der Waals surface area contributed by atoms with Gasteiger partial charge in [-0.2, -0.15) is 0 Å². The average Bonchev–Trinajstić information content (AvgIpc) is 2.86. The van der Waals surface area contributed by atoms with Crippen LogP contribution in [0.2, 0.25) is 0 Å². The molecule has 0 bridgehead atoms. The predicted molar refractivity (Wildman–Crippen MR) is 128 cm³/mol. The van der Waals surface area contributed by atoms with Crippen LogP contribution in [0.15, 0.2) is 72.8 Å². The molecule has 8 heteroatoms. The van der Waals surface area contributed by atoms with E-state index in [1.807, 2.05) is 12.1 Å². The number of nitrogen functional groups attached to an aromatic ring is 1. The number of hydrogen-bond donors (Lipinski definition) is 6. The number of nitrogens with two attached hydrogens (primary N) is 2. The fourth-order valence-corrected chi connectivity index (χ4v) is 3.30. The maximum atomic E-state index is 12.8. The van der Waals surface area contributed by atoms with Crippen LogP contribution in [0.25, 0.3) is 0 Å². The molecule has 8 N–H and O–H groups in total. The topological polar surface area (TPSA) is 151 Å². The number of carbonyl (C=O) groups excluding carboxylic acids is 2. The lowest BCUT2D eigenvalue weighted by molar-refractivity contribution is -0.138. The fraction of sp³-hybridized carbons (Fsp3) is 0.154. The second kappa shape index (κ2) is 10.6.